The highest BCUT2D eigenvalue weighted by atomic mass is 16.3. The van der Waals surface area contributed by atoms with Crippen LogP contribution in [0.2, 0.25) is 0 Å². The van der Waals surface area contributed by atoms with E-state index >= 15 is 0 Å². The Bertz CT molecular complexity index is 960. The molecule has 6 heteroatoms. The maximum absolute atomic E-state index is 13.0. The van der Waals surface area contributed by atoms with Gasteiger partial charge >= 0.3 is 0 Å². The van der Waals surface area contributed by atoms with Crippen molar-refractivity contribution in [3.63, 3.8) is 0 Å². The van der Waals surface area contributed by atoms with Crippen molar-refractivity contribution in [3.05, 3.63) is 77.0 Å². The quantitative estimate of drug-likeness (QED) is 0.719. The molecule has 0 saturated heterocycles. The fourth-order valence-corrected chi connectivity index (χ4v) is 4.01. The highest BCUT2D eigenvalue weighted by Gasteiger charge is 2.26. The van der Waals surface area contributed by atoms with Gasteiger partial charge in [0.15, 0.2) is 5.69 Å². The third-order valence-electron chi connectivity index (χ3n) is 5.47. The van der Waals surface area contributed by atoms with Crippen LogP contribution in [-0.2, 0) is 32.6 Å². The molecule has 0 unspecified atom stereocenters. The molecule has 138 valence electrons. The second-order valence-electron chi connectivity index (χ2n) is 7.28. The maximum atomic E-state index is 13.0. The number of rotatable bonds is 3. The minimum Gasteiger partial charge on any atom is -0.468 e. The van der Waals surface area contributed by atoms with Crippen LogP contribution < -0.4 is 0 Å². The highest BCUT2D eigenvalue weighted by molar-refractivity contribution is 5.92. The molecule has 1 aromatic carbocycles. The lowest BCUT2D eigenvalue weighted by atomic mass is 10.00. The van der Waals surface area contributed by atoms with Gasteiger partial charge < -0.3 is 9.32 Å². The molecule has 0 fully saturated rings. The van der Waals surface area contributed by atoms with E-state index in [0.29, 0.717) is 12.2 Å². The Balaban J connectivity index is 1.30. The van der Waals surface area contributed by atoms with E-state index in [2.05, 4.69) is 28.2 Å². The average molecular weight is 362 g/mol. The summed E-state index contributed by atoms with van der Waals surface area (Å²) < 4.78 is 7.43. The van der Waals surface area contributed by atoms with Gasteiger partial charge in [0, 0.05) is 26.2 Å². The van der Waals surface area contributed by atoms with Crippen LogP contribution in [0, 0.1) is 0 Å². The van der Waals surface area contributed by atoms with Crippen molar-refractivity contribution in [2.24, 2.45) is 0 Å². The number of aromatic nitrogens is 2. The first-order valence-electron chi connectivity index (χ1n) is 9.44. The van der Waals surface area contributed by atoms with Crippen molar-refractivity contribution in [2.75, 3.05) is 13.1 Å². The zero-order valence-electron chi connectivity index (χ0n) is 15.2. The minimum absolute atomic E-state index is 0.0315. The highest BCUT2D eigenvalue weighted by Crippen LogP contribution is 2.22. The van der Waals surface area contributed by atoms with Gasteiger partial charge in [-0.25, -0.2) is 0 Å². The molecule has 0 saturated carbocycles. The summed E-state index contributed by atoms with van der Waals surface area (Å²) in [6.45, 7) is 4.69. The molecule has 0 aliphatic carbocycles. The zero-order valence-corrected chi connectivity index (χ0v) is 15.2. The van der Waals surface area contributed by atoms with Gasteiger partial charge in [0.25, 0.3) is 5.91 Å². The Morgan fingerprint density at radius 2 is 1.93 bits per heavy atom. The number of benzene rings is 1. The number of furan rings is 1. The molecular weight excluding hydrogens is 340 g/mol. The lowest BCUT2D eigenvalue weighted by Gasteiger charge is -2.28. The summed E-state index contributed by atoms with van der Waals surface area (Å²) in [4.78, 5) is 17.2. The molecule has 0 N–H and O–H groups in total. The second kappa shape index (κ2) is 6.70. The minimum atomic E-state index is 0.0315. The van der Waals surface area contributed by atoms with Crippen molar-refractivity contribution in [1.29, 1.82) is 0 Å². The molecule has 5 rings (SSSR count). The average Bonchev–Trinajstić information content (AvgIpc) is 3.36. The van der Waals surface area contributed by atoms with E-state index < -0.39 is 0 Å². The summed E-state index contributed by atoms with van der Waals surface area (Å²) in [5.41, 5.74) is 4.24. The molecule has 2 aliphatic heterocycles. The normalized spacial score (nSPS) is 16.8. The van der Waals surface area contributed by atoms with Crippen LogP contribution >= 0.6 is 0 Å². The fourth-order valence-electron chi connectivity index (χ4n) is 4.01. The maximum Gasteiger partial charge on any atom is 0.274 e. The monoisotopic (exact) mass is 362 g/mol. The summed E-state index contributed by atoms with van der Waals surface area (Å²) in [7, 11) is 0. The molecule has 0 bridgehead atoms. The Morgan fingerprint density at radius 3 is 2.78 bits per heavy atom. The van der Waals surface area contributed by atoms with Crippen LogP contribution in [0.5, 0.6) is 0 Å². The van der Waals surface area contributed by atoms with Gasteiger partial charge in [-0.1, -0.05) is 24.3 Å². The Hall–Kier alpha value is -2.86. The number of hydrogen-bond acceptors (Lipinski definition) is 4. The number of amides is 1. The van der Waals surface area contributed by atoms with Crippen molar-refractivity contribution in [1.82, 2.24) is 19.6 Å². The Morgan fingerprint density at radius 1 is 1.04 bits per heavy atom. The molecule has 27 heavy (non-hydrogen) atoms. The molecule has 1 amide bonds. The summed E-state index contributed by atoms with van der Waals surface area (Å²) in [5.74, 6) is 0.996. The largest absolute Gasteiger partial charge is 0.468 e. The number of hydrogen-bond donors (Lipinski definition) is 0. The van der Waals surface area contributed by atoms with Crippen LogP contribution in [0.4, 0.5) is 0 Å². The molecule has 4 heterocycles. The van der Waals surface area contributed by atoms with Crippen molar-refractivity contribution in [3.8, 4) is 0 Å². The van der Waals surface area contributed by atoms with Crippen LogP contribution in [0.1, 0.15) is 33.1 Å². The number of fused-ring (bicyclic) bond motifs is 2. The van der Waals surface area contributed by atoms with Crippen molar-refractivity contribution < 1.29 is 9.21 Å². The van der Waals surface area contributed by atoms with Gasteiger partial charge in [0.1, 0.15) is 5.76 Å². The van der Waals surface area contributed by atoms with Crippen LogP contribution in [0.3, 0.4) is 0 Å². The number of nitrogens with zero attached hydrogens (tertiary/aromatic N) is 4. The number of carbonyl (C=O) groups excluding carboxylic acids is 1. The molecular formula is C21H22N4O2. The van der Waals surface area contributed by atoms with E-state index in [1.54, 1.807) is 6.26 Å². The molecule has 2 aliphatic rings. The van der Waals surface area contributed by atoms with Gasteiger partial charge in [-0.2, -0.15) is 5.10 Å². The van der Waals surface area contributed by atoms with E-state index in [1.807, 2.05) is 33.8 Å². The third kappa shape index (κ3) is 3.17. The second-order valence-corrected chi connectivity index (χ2v) is 7.28. The van der Waals surface area contributed by atoms with E-state index in [-0.39, 0.29) is 5.91 Å². The third-order valence-corrected chi connectivity index (χ3v) is 5.47. The predicted octanol–water partition coefficient (Wildman–Crippen LogP) is 2.69. The van der Waals surface area contributed by atoms with Gasteiger partial charge in [-0.15, -0.1) is 0 Å². The van der Waals surface area contributed by atoms with Crippen LogP contribution in [-0.4, -0.2) is 38.6 Å². The van der Waals surface area contributed by atoms with Crippen molar-refractivity contribution in [2.45, 2.75) is 32.6 Å². The Labute approximate surface area is 158 Å². The van der Waals surface area contributed by atoms with Gasteiger partial charge in [0.2, 0.25) is 0 Å². The van der Waals surface area contributed by atoms with Gasteiger partial charge in [-0.05, 0) is 35.7 Å². The first-order valence-corrected chi connectivity index (χ1v) is 9.44. The standard InChI is InChI=1S/C21H22N4O2/c26-21(24-8-7-16-4-1-2-5-17(16)13-24)20-12-18-14-23(9-10-25(18)22-20)15-19-6-3-11-27-19/h1-6,11-12H,7-10,13-15H2. The van der Waals surface area contributed by atoms with E-state index in [4.69, 9.17) is 4.42 Å². The van der Waals surface area contributed by atoms with E-state index in [0.717, 1.165) is 50.6 Å². The van der Waals surface area contributed by atoms with Crippen LogP contribution in [0.25, 0.3) is 0 Å². The predicted molar refractivity (Wildman–Crippen MR) is 99.9 cm³/mol. The summed E-state index contributed by atoms with van der Waals surface area (Å²) in [6.07, 6.45) is 2.61. The summed E-state index contributed by atoms with van der Waals surface area (Å²) in [6, 6.07) is 14.2. The summed E-state index contributed by atoms with van der Waals surface area (Å²) in [5, 5.41) is 4.59. The lowest BCUT2D eigenvalue weighted by molar-refractivity contribution is 0.0727. The lowest BCUT2D eigenvalue weighted by Crippen LogP contribution is -2.36. The topological polar surface area (TPSA) is 54.5 Å². The van der Waals surface area contributed by atoms with Crippen LogP contribution in [0.15, 0.2) is 53.1 Å². The molecule has 0 spiro atoms. The SMILES string of the molecule is O=C(c1cc2n(n1)CCN(Cc1ccco1)C2)N1CCc2ccccc2C1. The Kier molecular flexibility index (Phi) is 4.05. The first kappa shape index (κ1) is 16.3. The molecule has 0 radical (unpaired) electrons. The molecule has 0 atom stereocenters. The first-order chi connectivity index (χ1) is 13.3. The van der Waals surface area contributed by atoms with Crippen molar-refractivity contribution >= 4 is 5.91 Å². The zero-order chi connectivity index (χ0) is 18.2. The number of carbonyl (C=O) groups is 1. The van der Waals surface area contributed by atoms with Gasteiger partial charge in [-0.3, -0.25) is 14.4 Å². The summed E-state index contributed by atoms with van der Waals surface area (Å²) >= 11 is 0. The van der Waals surface area contributed by atoms with E-state index in [1.165, 1.54) is 11.1 Å². The molecule has 2 aromatic heterocycles. The molecule has 6 nitrogen and oxygen atoms in total. The van der Waals surface area contributed by atoms with Gasteiger partial charge in [0.05, 0.1) is 25.0 Å². The van der Waals surface area contributed by atoms with E-state index in [9.17, 15) is 4.79 Å². The fraction of sp³-hybridized carbons (Fsp3) is 0.333. The smallest absolute Gasteiger partial charge is 0.274 e. The molecule has 3 aromatic rings.